The van der Waals surface area contributed by atoms with Crippen molar-refractivity contribution in [3.8, 4) is 0 Å². The molecule has 2 aromatic heterocycles. The van der Waals surface area contributed by atoms with E-state index in [4.69, 9.17) is 4.74 Å². The molecule has 1 aliphatic heterocycles. The Morgan fingerprint density at radius 3 is 2.28 bits per heavy atom. The third kappa shape index (κ3) is 7.64. The fourth-order valence-corrected chi connectivity index (χ4v) is 8.42. The Balaban J connectivity index is 1.39. The second-order valence-electron chi connectivity index (χ2n) is 12.5. The molecule has 1 aliphatic rings. The zero-order valence-electron chi connectivity index (χ0n) is 25.4. The van der Waals surface area contributed by atoms with Crippen LogP contribution in [0, 0.1) is 0 Å². The van der Waals surface area contributed by atoms with Crippen LogP contribution in [0.25, 0.3) is 10.2 Å². The quantitative estimate of drug-likeness (QED) is 0.253. The van der Waals surface area contributed by atoms with Gasteiger partial charge in [-0.2, -0.15) is 0 Å². The summed E-state index contributed by atoms with van der Waals surface area (Å²) < 4.78 is 7.39. The van der Waals surface area contributed by atoms with E-state index in [9.17, 15) is 14.4 Å². The molecule has 1 unspecified atom stereocenters. The summed E-state index contributed by atoms with van der Waals surface area (Å²) in [6, 6.07) is 19.4. The number of amides is 1. The number of thiophene rings is 1. The van der Waals surface area contributed by atoms with Crippen molar-refractivity contribution >= 4 is 58.4 Å². The van der Waals surface area contributed by atoms with Gasteiger partial charge in [0.1, 0.15) is 0 Å². The molecule has 3 heterocycles. The number of carbonyl (C=O) groups is 3. The maximum absolute atomic E-state index is 13.5. The number of nitrogens with one attached hydrogen (secondary N) is 1. The second kappa shape index (κ2) is 12.8. The van der Waals surface area contributed by atoms with Crippen LogP contribution >= 0.6 is 11.3 Å². The molecule has 2 aromatic carbocycles. The molecule has 0 saturated carbocycles. The topological polar surface area (TPSA) is 93.5 Å². The van der Waals surface area contributed by atoms with E-state index in [1.54, 1.807) is 26.8 Å². The summed E-state index contributed by atoms with van der Waals surface area (Å²) in [4.78, 5) is 43.4. The number of rotatable bonds is 8. The monoisotopic (exact) mass is 662 g/mol. The van der Waals surface area contributed by atoms with Gasteiger partial charge in [0.15, 0.2) is 0 Å². The Morgan fingerprint density at radius 1 is 0.953 bits per heavy atom. The molecule has 226 valence electrons. The number of aromatic nitrogens is 2. The van der Waals surface area contributed by atoms with Crippen molar-refractivity contribution in [3.63, 3.8) is 0 Å². The Morgan fingerprint density at radius 2 is 1.63 bits per heavy atom. The van der Waals surface area contributed by atoms with Crippen LogP contribution in [-0.2, 0) is 16.8 Å². The molecule has 1 N–H and O–H groups in total. The van der Waals surface area contributed by atoms with Crippen LogP contribution in [0.15, 0.2) is 60.7 Å². The van der Waals surface area contributed by atoms with E-state index in [-0.39, 0.29) is 10.5 Å². The molecular weight excluding hydrogens is 623 g/mol. The molecular formula is C33H39AsN4O4S. The fourth-order valence-electron chi connectivity index (χ4n) is 5.13. The number of hydrogen-bond donors (Lipinski definition) is 1. The van der Waals surface area contributed by atoms with Crippen LogP contribution in [-0.4, -0.2) is 65.7 Å². The number of fused-ring (bicyclic) bond motifs is 1. The SMILES string of the molecule is CC(C)(C)OC(=O)n1nc([AsH]C(=O)c2ccc(CN3CCCCC3)cc2)c2cc(C(=O)NC(C)(C)c3ccccc3)sc21. The summed E-state index contributed by atoms with van der Waals surface area (Å²) >= 11 is -0.264. The van der Waals surface area contributed by atoms with Crippen molar-refractivity contribution in [2.24, 2.45) is 0 Å². The molecule has 0 spiro atoms. The van der Waals surface area contributed by atoms with Gasteiger partial charge in [-0.05, 0) is 0 Å². The number of carbonyl (C=O) groups excluding carboxylic acids is 3. The number of hydrogen-bond acceptors (Lipinski definition) is 7. The predicted octanol–water partition coefficient (Wildman–Crippen LogP) is 5.43. The van der Waals surface area contributed by atoms with Gasteiger partial charge in [-0.1, -0.05) is 0 Å². The first-order valence-corrected chi connectivity index (χ1v) is 17.6. The van der Waals surface area contributed by atoms with E-state index in [1.807, 2.05) is 68.4 Å². The van der Waals surface area contributed by atoms with E-state index in [0.29, 0.717) is 25.1 Å². The molecule has 1 fully saturated rings. The first-order chi connectivity index (χ1) is 20.4. The summed E-state index contributed by atoms with van der Waals surface area (Å²) in [5.74, 6) is -0.257. The molecule has 8 nitrogen and oxygen atoms in total. The van der Waals surface area contributed by atoms with E-state index in [1.165, 1.54) is 40.8 Å². The van der Waals surface area contributed by atoms with Gasteiger partial charge < -0.3 is 0 Å². The van der Waals surface area contributed by atoms with Crippen LogP contribution in [0.4, 0.5) is 4.79 Å². The summed E-state index contributed by atoms with van der Waals surface area (Å²) in [5.41, 5.74) is 1.47. The van der Waals surface area contributed by atoms with Gasteiger partial charge in [-0.15, -0.1) is 0 Å². The van der Waals surface area contributed by atoms with Gasteiger partial charge in [0.25, 0.3) is 0 Å². The van der Waals surface area contributed by atoms with Crippen LogP contribution in [0.1, 0.15) is 85.0 Å². The molecule has 4 aromatic rings. The number of piperidine rings is 1. The number of likely N-dealkylation sites (tertiary alicyclic amines) is 1. The second-order valence-corrected chi connectivity index (χ2v) is 16.0. The molecule has 1 atom stereocenters. The molecule has 1 saturated heterocycles. The van der Waals surface area contributed by atoms with Crippen LogP contribution in [0.2, 0.25) is 0 Å². The molecule has 5 rings (SSSR count). The van der Waals surface area contributed by atoms with Gasteiger partial charge in [-0.25, -0.2) is 0 Å². The number of nitrogens with zero attached hydrogens (tertiary/aromatic N) is 3. The summed E-state index contributed by atoms with van der Waals surface area (Å²) in [6.07, 6.45) is 3.14. The number of benzene rings is 2. The third-order valence-corrected chi connectivity index (χ3v) is 10.8. The van der Waals surface area contributed by atoms with Gasteiger partial charge in [0.05, 0.1) is 0 Å². The van der Waals surface area contributed by atoms with Crippen molar-refractivity contribution < 1.29 is 19.1 Å². The normalized spacial score (nSPS) is 14.8. The Bertz CT molecular complexity index is 1610. The average molecular weight is 663 g/mol. The fraction of sp³-hybridized carbons (Fsp3) is 0.394. The zero-order valence-corrected chi connectivity index (χ0v) is 28.3. The first kappa shape index (κ1) is 31.2. The van der Waals surface area contributed by atoms with E-state index in [0.717, 1.165) is 25.2 Å². The molecule has 0 bridgehead atoms. The Kier molecular flexibility index (Phi) is 9.25. The first-order valence-electron chi connectivity index (χ1n) is 14.7. The number of ether oxygens (including phenoxy) is 1. The molecule has 1 amide bonds. The van der Waals surface area contributed by atoms with Gasteiger partial charge >= 0.3 is 264 Å². The molecule has 10 heteroatoms. The van der Waals surface area contributed by atoms with Gasteiger partial charge in [0.2, 0.25) is 0 Å². The standard InChI is InChI=1S/C33H39AsN4O4S/c1-32(2,3)42-31(41)38-30-25(20-26(43-30)29(40)35-33(4,5)24-12-8-6-9-13-24)27(36-38)34-28(39)23-16-14-22(15-17-23)21-37-18-10-7-11-19-37/h6,8-9,12-17,20,34H,7,10-11,18-19,21H2,1-5H3,(H,35,40). The molecule has 0 radical (unpaired) electrons. The minimum absolute atomic E-state index is 0.0164. The predicted molar refractivity (Wildman–Crippen MR) is 173 cm³/mol. The van der Waals surface area contributed by atoms with Crippen molar-refractivity contribution in [1.29, 1.82) is 0 Å². The Labute approximate surface area is 263 Å². The summed E-state index contributed by atoms with van der Waals surface area (Å²) in [5, 5.41) is 8.32. The van der Waals surface area contributed by atoms with E-state index in [2.05, 4.69) is 15.3 Å². The van der Waals surface area contributed by atoms with Gasteiger partial charge in [0, 0.05) is 0 Å². The third-order valence-electron chi connectivity index (χ3n) is 7.37. The van der Waals surface area contributed by atoms with Crippen molar-refractivity contribution in [2.75, 3.05) is 13.1 Å². The molecule has 43 heavy (non-hydrogen) atoms. The van der Waals surface area contributed by atoms with E-state index < -0.39 is 33.0 Å². The minimum atomic E-state index is -1.44. The molecule has 0 aliphatic carbocycles. The average Bonchev–Trinajstić information content (AvgIpc) is 3.54. The van der Waals surface area contributed by atoms with Crippen LogP contribution in [0.5, 0.6) is 0 Å². The van der Waals surface area contributed by atoms with Crippen LogP contribution in [0.3, 0.4) is 0 Å². The van der Waals surface area contributed by atoms with Crippen molar-refractivity contribution in [2.45, 2.75) is 71.6 Å². The van der Waals surface area contributed by atoms with Crippen LogP contribution < -0.4 is 9.80 Å². The summed E-state index contributed by atoms with van der Waals surface area (Å²) in [7, 11) is 0. The van der Waals surface area contributed by atoms with Crippen molar-refractivity contribution in [1.82, 2.24) is 20.0 Å². The summed E-state index contributed by atoms with van der Waals surface area (Å²) in [6.45, 7) is 12.4. The zero-order chi connectivity index (χ0) is 30.8. The van der Waals surface area contributed by atoms with E-state index >= 15 is 0 Å². The van der Waals surface area contributed by atoms with Crippen molar-refractivity contribution in [3.05, 3.63) is 82.2 Å². The Hall–Kier alpha value is -3.26. The van der Waals surface area contributed by atoms with Gasteiger partial charge in [-0.3, -0.25) is 0 Å². The maximum atomic E-state index is 13.5.